The molecule has 0 saturated carbocycles. The van der Waals surface area contributed by atoms with E-state index < -0.39 is 0 Å². The van der Waals surface area contributed by atoms with Crippen LogP contribution in [0.5, 0.6) is 0 Å². The summed E-state index contributed by atoms with van der Waals surface area (Å²) in [6.45, 7) is 1.50. The third-order valence-corrected chi connectivity index (χ3v) is 4.46. The average Bonchev–Trinajstić information content (AvgIpc) is 2.62. The van der Waals surface area contributed by atoms with E-state index in [1.807, 2.05) is 43.3 Å². The smallest absolute Gasteiger partial charge is 0.206 e. The predicted octanol–water partition coefficient (Wildman–Crippen LogP) is 3.26. The summed E-state index contributed by atoms with van der Waals surface area (Å²) >= 11 is 6.02. The maximum absolute atomic E-state index is 11.9. The summed E-state index contributed by atoms with van der Waals surface area (Å²) in [5.41, 5.74) is 6.33. The van der Waals surface area contributed by atoms with Crippen LogP contribution in [0.4, 0.5) is 11.4 Å². The Hall–Kier alpha value is -2.57. The minimum atomic E-state index is -0.250. The van der Waals surface area contributed by atoms with Gasteiger partial charge in [0.05, 0.1) is 5.69 Å². The molecule has 1 atom stereocenters. The minimum Gasteiger partial charge on any atom is -0.378 e. The van der Waals surface area contributed by atoms with E-state index >= 15 is 0 Å². The Bertz CT molecular complexity index is 817. The van der Waals surface area contributed by atoms with Crippen LogP contribution in [-0.4, -0.2) is 37.8 Å². The summed E-state index contributed by atoms with van der Waals surface area (Å²) in [6.07, 6.45) is -0.250. The first-order chi connectivity index (χ1) is 12.4. The second-order valence-electron chi connectivity index (χ2n) is 6.38. The average molecular weight is 372 g/mol. The summed E-state index contributed by atoms with van der Waals surface area (Å²) in [5, 5.41) is 8.71. The Balaban J connectivity index is 2.03. The van der Waals surface area contributed by atoms with Gasteiger partial charge in [-0.25, -0.2) is 10.4 Å². The van der Waals surface area contributed by atoms with Crippen LogP contribution in [-0.2, 0) is 4.79 Å². The van der Waals surface area contributed by atoms with E-state index in [1.165, 1.54) is 6.92 Å². The van der Waals surface area contributed by atoms with Crippen molar-refractivity contribution in [3.05, 3.63) is 59.1 Å². The molecular formula is C19H22ClN5O. The minimum absolute atomic E-state index is 0.111. The van der Waals surface area contributed by atoms with Crippen molar-refractivity contribution < 1.29 is 4.79 Å². The lowest BCUT2D eigenvalue weighted by Crippen LogP contribution is -2.54. The SMILES string of the molecule is CC(=O)C1=NN(c2ccc(Cl)cc2)C(c2ccc(N(C)C)cc2)NN1C. The molecule has 0 aliphatic carbocycles. The van der Waals surface area contributed by atoms with Gasteiger partial charge in [-0.1, -0.05) is 23.7 Å². The topological polar surface area (TPSA) is 51.2 Å². The summed E-state index contributed by atoms with van der Waals surface area (Å²) in [5.74, 6) is 0.237. The first-order valence-corrected chi connectivity index (χ1v) is 8.66. The fraction of sp³-hybridized carbons (Fsp3) is 0.263. The number of halogens is 1. The first kappa shape index (κ1) is 18.2. The zero-order valence-electron chi connectivity index (χ0n) is 15.3. The van der Waals surface area contributed by atoms with Crippen molar-refractivity contribution >= 4 is 34.6 Å². The largest absolute Gasteiger partial charge is 0.378 e. The molecule has 0 bridgehead atoms. The van der Waals surface area contributed by atoms with Gasteiger partial charge >= 0.3 is 0 Å². The van der Waals surface area contributed by atoms with Crippen molar-refractivity contribution in [3.8, 4) is 0 Å². The molecule has 7 heteroatoms. The van der Waals surface area contributed by atoms with Gasteiger partial charge in [-0.15, -0.1) is 5.10 Å². The highest BCUT2D eigenvalue weighted by Crippen LogP contribution is 2.30. The molecule has 1 aliphatic heterocycles. The van der Waals surface area contributed by atoms with Gasteiger partial charge in [0.25, 0.3) is 0 Å². The van der Waals surface area contributed by atoms with Crippen LogP contribution in [0.1, 0.15) is 18.7 Å². The highest BCUT2D eigenvalue weighted by Gasteiger charge is 2.30. The van der Waals surface area contributed by atoms with Gasteiger partial charge in [0.15, 0.2) is 5.78 Å². The fourth-order valence-corrected chi connectivity index (χ4v) is 2.93. The number of anilines is 2. The van der Waals surface area contributed by atoms with Crippen molar-refractivity contribution in [3.63, 3.8) is 0 Å². The number of hydrazine groups is 1. The van der Waals surface area contributed by atoms with Crippen LogP contribution in [0.15, 0.2) is 53.6 Å². The first-order valence-electron chi connectivity index (χ1n) is 8.28. The monoisotopic (exact) mass is 371 g/mol. The van der Waals surface area contributed by atoms with Gasteiger partial charge in [0.2, 0.25) is 5.84 Å². The third-order valence-electron chi connectivity index (χ3n) is 4.21. The number of amidine groups is 1. The van der Waals surface area contributed by atoms with E-state index in [0.29, 0.717) is 10.9 Å². The maximum Gasteiger partial charge on any atom is 0.206 e. The lowest BCUT2D eigenvalue weighted by Gasteiger charge is -2.39. The lowest BCUT2D eigenvalue weighted by atomic mass is 10.1. The molecule has 1 aliphatic rings. The number of rotatable bonds is 4. The molecule has 0 fully saturated rings. The van der Waals surface area contributed by atoms with Gasteiger partial charge in [-0.3, -0.25) is 9.80 Å². The summed E-state index contributed by atoms with van der Waals surface area (Å²) < 4.78 is 0. The fourth-order valence-electron chi connectivity index (χ4n) is 2.80. The Kier molecular flexibility index (Phi) is 5.15. The third kappa shape index (κ3) is 3.66. The summed E-state index contributed by atoms with van der Waals surface area (Å²) in [6, 6.07) is 15.6. The van der Waals surface area contributed by atoms with Crippen LogP contribution < -0.4 is 15.3 Å². The standard InChI is InChI=1S/C19H22ClN5O/c1-13(26)18-22-25(17-11-7-15(20)8-12-17)19(21-24(18)4)14-5-9-16(10-6-14)23(2)3/h5-12,19,21H,1-4H3. The lowest BCUT2D eigenvalue weighted by molar-refractivity contribution is -0.112. The number of hydrogen-bond donors (Lipinski definition) is 1. The summed E-state index contributed by atoms with van der Waals surface area (Å²) in [4.78, 5) is 14.0. The van der Waals surface area contributed by atoms with Crippen LogP contribution in [0.3, 0.4) is 0 Å². The molecule has 0 radical (unpaired) electrons. The number of likely N-dealkylation sites (N-methyl/N-ethyl adjacent to an activating group) is 1. The van der Waals surface area contributed by atoms with Crippen LogP contribution in [0, 0.1) is 0 Å². The second-order valence-corrected chi connectivity index (χ2v) is 6.81. The molecule has 136 valence electrons. The van der Waals surface area contributed by atoms with Crippen LogP contribution in [0.25, 0.3) is 0 Å². The Morgan fingerprint density at radius 3 is 2.27 bits per heavy atom. The predicted molar refractivity (Wildman–Crippen MR) is 106 cm³/mol. The van der Waals surface area contributed by atoms with Crippen LogP contribution in [0.2, 0.25) is 5.02 Å². The molecule has 2 aromatic rings. The number of hydrazone groups is 1. The molecule has 0 aromatic heterocycles. The molecule has 2 aromatic carbocycles. The van der Waals surface area contributed by atoms with Crippen molar-refractivity contribution in [1.29, 1.82) is 0 Å². The molecule has 0 saturated heterocycles. The van der Waals surface area contributed by atoms with E-state index in [2.05, 4.69) is 34.8 Å². The van der Waals surface area contributed by atoms with Crippen molar-refractivity contribution in [1.82, 2.24) is 10.4 Å². The number of hydrogen-bond acceptors (Lipinski definition) is 6. The van der Waals surface area contributed by atoms with Gasteiger partial charge in [0.1, 0.15) is 6.17 Å². The van der Waals surface area contributed by atoms with E-state index in [4.69, 9.17) is 11.6 Å². The second kappa shape index (κ2) is 7.35. The normalized spacial score (nSPS) is 17.1. The highest BCUT2D eigenvalue weighted by atomic mass is 35.5. The Morgan fingerprint density at radius 2 is 1.73 bits per heavy atom. The number of nitrogens with zero attached hydrogens (tertiary/aromatic N) is 4. The Morgan fingerprint density at radius 1 is 1.12 bits per heavy atom. The van der Waals surface area contributed by atoms with Crippen molar-refractivity contribution in [2.75, 3.05) is 31.1 Å². The molecule has 1 N–H and O–H groups in total. The molecule has 0 amide bonds. The number of benzene rings is 2. The Labute approximate surface area is 158 Å². The molecule has 3 rings (SSSR count). The maximum atomic E-state index is 11.9. The number of ketones is 1. The van der Waals surface area contributed by atoms with Crippen molar-refractivity contribution in [2.24, 2.45) is 5.10 Å². The molecule has 1 heterocycles. The molecule has 26 heavy (non-hydrogen) atoms. The van der Waals surface area contributed by atoms with Gasteiger partial charge in [0, 0.05) is 38.8 Å². The molecule has 1 unspecified atom stereocenters. The van der Waals surface area contributed by atoms with E-state index in [0.717, 1.165) is 16.9 Å². The zero-order chi connectivity index (χ0) is 18.8. The van der Waals surface area contributed by atoms with Gasteiger partial charge in [-0.05, 0) is 42.0 Å². The highest BCUT2D eigenvalue weighted by molar-refractivity contribution is 6.37. The molecule has 0 spiro atoms. The van der Waals surface area contributed by atoms with Crippen molar-refractivity contribution in [2.45, 2.75) is 13.1 Å². The van der Waals surface area contributed by atoms with Gasteiger partial charge in [-0.2, -0.15) is 0 Å². The van der Waals surface area contributed by atoms with Crippen LogP contribution >= 0.6 is 11.6 Å². The molecular weight excluding hydrogens is 350 g/mol. The number of nitrogens with one attached hydrogen (secondary N) is 1. The van der Waals surface area contributed by atoms with E-state index in [9.17, 15) is 4.79 Å². The molecule has 6 nitrogen and oxygen atoms in total. The van der Waals surface area contributed by atoms with Gasteiger partial charge < -0.3 is 4.90 Å². The van der Waals surface area contributed by atoms with E-state index in [-0.39, 0.29) is 11.9 Å². The quantitative estimate of drug-likeness (QED) is 0.894. The van der Waals surface area contributed by atoms with E-state index in [1.54, 1.807) is 17.1 Å². The number of carbonyl (C=O) groups excluding carboxylic acids is 1. The zero-order valence-corrected chi connectivity index (χ0v) is 16.0. The number of Topliss-reactive ketones (excluding diaryl/α,β-unsaturated/α-hetero) is 1. The number of carbonyl (C=O) groups is 1. The summed E-state index contributed by atoms with van der Waals surface area (Å²) in [7, 11) is 5.80.